The third-order valence-corrected chi connectivity index (χ3v) is 10.2. The third kappa shape index (κ3) is 9.24. The van der Waals surface area contributed by atoms with Crippen molar-refractivity contribution in [2.45, 2.75) is 73.6 Å². The first kappa shape index (κ1) is 40.3. The van der Waals surface area contributed by atoms with Gasteiger partial charge in [-0.1, -0.05) is 75.3 Å². The highest BCUT2D eigenvalue weighted by molar-refractivity contribution is 6.35. The zero-order valence-corrected chi connectivity index (χ0v) is 31.5. The maximum atomic E-state index is 13.0. The molecule has 2 aromatic heterocycles. The summed E-state index contributed by atoms with van der Waals surface area (Å²) >= 11 is 7.08. The molecule has 0 amide bonds. The van der Waals surface area contributed by atoms with Crippen LogP contribution in [0.15, 0.2) is 54.6 Å². The number of nitrogens with zero attached hydrogens (tertiary/aromatic N) is 4. The largest absolute Gasteiger partial charge is 0.493 e. The van der Waals surface area contributed by atoms with Crippen molar-refractivity contribution in [1.82, 2.24) is 24.6 Å². The Balaban J connectivity index is 0.000000847. The molecule has 0 atom stereocenters. The summed E-state index contributed by atoms with van der Waals surface area (Å²) in [7, 11) is 0. The second-order valence-corrected chi connectivity index (χ2v) is 13.7. The van der Waals surface area contributed by atoms with Crippen LogP contribution in [0.4, 0.5) is 0 Å². The molecule has 53 heavy (non-hydrogen) atoms. The quantitative estimate of drug-likeness (QED) is 0.131. The van der Waals surface area contributed by atoms with E-state index in [1.165, 1.54) is 0 Å². The molecule has 2 aliphatic rings. The lowest BCUT2D eigenvalue weighted by Crippen LogP contribution is -2.38. The molecule has 0 aliphatic carbocycles. The van der Waals surface area contributed by atoms with Crippen molar-refractivity contribution in [3.8, 4) is 16.9 Å². The van der Waals surface area contributed by atoms with Crippen LogP contribution in [0.1, 0.15) is 68.0 Å². The maximum absolute atomic E-state index is 13.0. The number of ether oxygens (including phenoxy) is 3. The zero-order valence-electron chi connectivity index (χ0n) is 30.8. The summed E-state index contributed by atoms with van der Waals surface area (Å²) in [5.74, 6) is -0.0964. The van der Waals surface area contributed by atoms with Crippen LogP contribution < -0.4 is 10.1 Å². The van der Waals surface area contributed by atoms with Gasteiger partial charge < -0.3 is 29.2 Å². The molecule has 10 nitrogen and oxygen atoms in total. The van der Waals surface area contributed by atoms with Crippen molar-refractivity contribution in [2.75, 3.05) is 59.2 Å². The van der Waals surface area contributed by atoms with E-state index in [1.807, 2.05) is 47.9 Å². The molecule has 0 radical (unpaired) electrons. The average molecular weight is 746 g/mol. The number of rotatable bonds is 11. The highest BCUT2D eigenvalue weighted by Crippen LogP contribution is 2.43. The number of carbonyl (C=O) groups is 1. The van der Waals surface area contributed by atoms with E-state index in [4.69, 9.17) is 30.9 Å². The van der Waals surface area contributed by atoms with E-state index in [1.54, 1.807) is 0 Å². The molecule has 0 unspecified atom stereocenters. The first-order valence-electron chi connectivity index (χ1n) is 18.8. The minimum atomic E-state index is -0.933. The summed E-state index contributed by atoms with van der Waals surface area (Å²) in [6.07, 6.45) is 2.83. The predicted molar refractivity (Wildman–Crippen MR) is 215 cm³/mol. The van der Waals surface area contributed by atoms with Crippen LogP contribution in [0.3, 0.4) is 0 Å². The average Bonchev–Trinajstić information content (AvgIpc) is 3.63. The fourth-order valence-electron chi connectivity index (χ4n) is 7.44. The van der Waals surface area contributed by atoms with Gasteiger partial charge in [0.05, 0.1) is 54.9 Å². The number of aromatic nitrogens is 3. The molecule has 0 spiro atoms. The molecule has 11 heteroatoms. The standard InChI is InChI=1S/C37H41ClN4O5.C4H11N.CH4/c1-25-33-31(42(39-25)17-16-40-18-22-45-23-19-40)24-46-20-5-4-15-41-35-29(13-14-30(38)34(33)35)28(36(41)37(43)44)11-7-21-47-32-12-6-9-26-8-2-3-10-27(26)32;1-3-5-4-2;/h2-3,6,8-10,12-14H,4-5,7,11,15-24H2,1H3,(H,43,44);5H,3-4H2,1-2H3;1H4. The minimum Gasteiger partial charge on any atom is -0.493 e. The Bertz CT molecular complexity index is 1960. The molecule has 3 aromatic carbocycles. The summed E-state index contributed by atoms with van der Waals surface area (Å²) in [6, 6.07) is 18.1. The summed E-state index contributed by atoms with van der Waals surface area (Å²) < 4.78 is 22.0. The molecule has 2 aliphatic heterocycles. The minimum absolute atomic E-state index is 0. The van der Waals surface area contributed by atoms with Gasteiger partial charge in [0.2, 0.25) is 0 Å². The Morgan fingerprint density at radius 1 is 0.925 bits per heavy atom. The molecule has 2 N–H and O–H groups in total. The predicted octanol–water partition coefficient (Wildman–Crippen LogP) is 8.22. The number of aryl methyl sites for hydroxylation is 3. The number of carboxylic acids is 1. The first-order chi connectivity index (χ1) is 25.4. The van der Waals surface area contributed by atoms with Gasteiger partial charge in [0, 0.05) is 54.7 Å². The van der Waals surface area contributed by atoms with Gasteiger partial charge in [-0.15, -0.1) is 0 Å². The van der Waals surface area contributed by atoms with Gasteiger partial charge in [0.15, 0.2) is 0 Å². The van der Waals surface area contributed by atoms with Crippen LogP contribution >= 0.6 is 11.6 Å². The van der Waals surface area contributed by atoms with Gasteiger partial charge in [-0.3, -0.25) is 9.58 Å². The Morgan fingerprint density at radius 3 is 2.45 bits per heavy atom. The lowest BCUT2D eigenvalue weighted by atomic mass is 9.98. The van der Waals surface area contributed by atoms with E-state index in [0.717, 1.165) is 121 Å². The smallest absolute Gasteiger partial charge is 0.352 e. The van der Waals surface area contributed by atoms with E-state index in [-0.39, 0.29) is 7.43 Å². The number of benzene rings is 3. The van der Waals surface area contributed by atoms with Crippen LogP contribution in [0.5, 0.6) is 5.75 Å². The summed E-state index contributed by atoms with van der Waals surface area (Å²) in [5, 5.41) is 22.5. The van der Waals surface area contributed by atoms with Crippen LogP contribution in [0.25, 0.3) is 32.8 Å². The molecular weight excluding hydrogens is 690 g/mol. The van der Waals surface area contributed by atoms with Crippen molar-refractivity contribution in [1.29, 1.82) is 0 Å². The fraction of sp³-hybridized carbons (Fsp3) is 0.476. The number of aromatic carboxylic acids is 1. The molecule has 0 saturated carbocycles. The molecule has 1 saturated heterocycles. The molecule has 1 fully saturated rings. The van der Waals surface area contributed by atoms with Gasteiger partial charge in [0.1, 0.15) is 11.4 Å². The molecule has 4 heterocycles. The maximum Gasteiger partial charge on any atom is 0.352 e. The second kappa shape index (κ2) is 19.4. The van der Waals surface area contributed by atoms with Crippen molar-refractivity contribution >= 4 is 39.2 Å². The van der Waals surface area contributed by atoms with E-state index in [9.17, 15) is 9.90 Å². The van der Waals surface area contributed by atoms with Crippen LogP contribution in [-0.2, 0) is 35.6 Å². The Kier molecular flexibility index (Phi) is 14.7. The number of hydrogen-bond acceptors (Lipinski definition) is 7. The van der Waals surface area contributed by atoms with Crippen molar-refractivity contribution in [2.24, 2.45) is 0 Å². The number of nitrogens with one attached hydrogen (secondary N) is 1. The summed E-state index contributed by atoms with van der Waals surface area (Å²) in [4.78, 5) is 15.4. The van der Waals surface area contributed by atoms with Crippen LogP contribution in [-0.4, -0.2) is 89.5 Å². The Labute approximate surface area is 319 Å². The Hall–Kier alpha value is -3.93. The van der Waals surface area contributed by atoms with Gasteiger partial charge >= 0.3 is 5.97 Å². The van der Waals surface area contributed by atoms with Gasteiger partial charge in [0.25, 0.3) is 0 Å². The Morgan fingerprint density at radius 2 is 1.70 bits per heavy atom. The molecular formula is C42H56ClN5O5. The van der Waals surface area contributed by atoms with Gasteiger partial charge in [-0.05, 0) is 68.8 Å². The van der Waals surface area contributed by atoms with Crippen LogP contribution in [0, 0.1) is 6.92 Å². The highest BCUT2D eigenvalue weighted by Gasteiger charge is 2.29. The van der Waals surface area contributed by atoms with Gasteiger partial charge in [-0.25, -0.2) is 4.79 Å². The molecule has 5 aromatic rings. The highest BCUT2D eigenvalue weighted by atomic mass is 35.5. The van der Waals surface area contributed by atoms with Crippen molar-refractivity contribution in [3.63, 3.8) is 0 Å². The van der Waals surface area contributed by atoms with Gasteiger partial charge in [-0.2, -0.15) is 5.10 Å². The third-order valence-electron chi connectivity index (χ3n) is 9.93. The molecule has 0 bridgehead atoms. The van der Waals surface area contributed by atoms with Crippen molar-refractivity contribution < 1.29 is 24.1 Å². The fourth-order valence-corrected chi connectivity index (χ4v) is 7.69. The summed E-state index contributed by atoms with van der Waals surface area (Å²) in [5.41, 5.74) is 5.60. The first-order valence-corrected chi connectivity index (χ1v) is 19.1. The number of halogens is 1. The van der Waals surface area contributed by atoms with Crippen molar-refractivity contribution in [3.05, 3.63) is 82.3 Å². The zero-order chi connectivity index (χ0) is 36.5. The van der Waals surface area contributed by atoms with E-state index < -0.39 is 5.97 Å². The molecule has 286 valence electrons. The summed E-state index contributed by atoms with van der Waals surface area (Å²) in [6.45, 7) is 15.3. The number of carboxylic acid groups (broad SMARTS) is 1. The normalized spacial score (nSPS) is 14.9. The van der Waals surface area contributed by atoms with E-state index in [2.05, 4.69) is 46.9 Å². The lowest BCUT2D eigenvalue weighted by Gasteiger charge is -2.26. The van der Waals surface area contributed by atoms with E-state index in [0.29, 0.717) is 49.9 Å². The van der Waals surface area contributed by atoms with Crippen LogP contribution in [0.2, 0.25) is 5.02 Å². The monoisotopic (exact) mass is 745 g/mol. The molecule has 7 rings (SSSR count). The number of fused-ring (bicyclic) bond motifs is 3. The van der Waals surface area contributed by atoms with E-state index >= 15 is 0 Å². The number of morpholine rings is 1. The number of hydrogen-bond donors (Lipinski definition) is 2. The topological polar surface area (TPSA) is 103 Å². The lowest BCUT2D eigenvalue weighted by molar-refractivity contribution is 0.0354. The second-order valence-electron chi connectivity index (χ2n) is 13.3. The SMILES string of the molecule is C.CCNCC.Cc1nn(CCN2CCOCC2)c2c1-c1c(Cl)ccc3c(CCCOc4cccc5ccccc45)c(C(=O)O)n(c13)CCCCOC2.